The molecule has 19 heavy (non-hydrogen) atoms. The van der Waals surface area contributed by atoms with E-state index in [0.29, 0.717) is 12.3 Å². The van der Waals surface area contributed by atoms with Gasteiger partial charge >= 0.3 is 0 Å². The highest BCUT2D eigenvalue weighted by Gasteiger charge is 2.43. The van der Waals surface area contributed by atoms with Crippen molar-refractivity contribution >= 4 is 40.6 Å². The zero-order valence-electron chi connectivity index (χ0n) is 12.7. The van der Waals surface area contributed by atoms with E-state index in [1.807, 2.05) is 0 Å². The van der Waals surface area contributed by atoms with E-state index >= 15 is 0 Å². The predicted molar refractivity (Wildman–Crippen MR) is 86.4 cm³/mol. The second kappa shape index (κ2) is 8.74. The maximum atomic E-state index is 12.3. The number of Topliss-reactive ketones (excluding diaryl/α,β-unsaturated/α-hetero) is 1. The Morgan fingerprint density at radius 1 is 1.00 bits per heavy atom. The molecule has 3 atom stereocenters. The van der Waals surface area contributed by atoms with Gasteiger partial charge in [-0.25, -0.2) is 0 Å². The lowest BCUT2D eigenvalue weighted by atomic mass is 9.61. The van der Waals surface area contributed by atoms with E-state index in [9.17, 15) is 4.79 Å². The number of ketones is 1. The summed E-state index contributed by atoms with van der Waals surface area (Å²) in [5.41, 5.74) is -0.339. The minimum Gasteiger partial charge on any atom is -0.299 e. The first kappa shape index (κ1) is 19.5. The molecule has 4 heteroatoms. The van der Waals surface area contributed by atoms with Gasteiger partial charge in [-0.3, -0.25) is 4.79 Å². The van der Waals surface area contributed by atoms with Gasteiger partial charge in [0.1, 0.15) is 10.6 Å². The van der Waals surface area contributed by atoms with E-state index < -0.39 is 4.84 Å². The van der Waals surface area contributed by atoms with Gasteiger partial charge in [0.05, 0.1) is 5.38 Å². The molecular weight excluding hydrogens is 303 g/mol. The summed E-state index contributed by atoms with van der Waals surface area (Å²) in [6.07, 6.45) is 3.60. The molecule has 0 aliphatic carbocycles. The highest BCUT2D eigenvalue weighted by Crippen LogP contribution is 2.45. The monoisotopic (exact) mass is 328 g/mol. The lowest BCUT2D eigenvalue weighted by Crippen LogP contribution is -2.42. The minimum atomic E-state index is -0.589. The Hall–Kier alpha value is 0.540. The van der Waals surface area contributed by atoms with E-state index in [0.717, 1.165) is 19.3 Å². The molecule has 0 radical (unpaired) electrons. The Kier molecular flexibility index (Phi) is 8.99. The largest absolute Gasteiger partial charge is 0.299 e. The van der Waals surface area contributed by atoms with E-state index in [1.54, 1.807) is 6.92 Å². The van der Waals surface area contributed by atoms with Crippen molar-refractivity contribution in [2.75, 3.05) is 0 Å². The summed E-state index contributed by atoms with van der Waals surface area (Å²) < 4.78 is 0. The highest BCUT2D eigenvalue weighted by atomic mass is 35.5. The zero-order chi connectivity index (χ0) is 15.2. The van der Waals surface area contributed by atoms with Crippen LogP contribution >= 0.6 is 34.8 Å². The predicted octanol–water partition coefficient (Wildman–Crippen LogP) is 5.85. The van der Waals surface area contributed by atoms with Gasteiger partial charge < -0.3 is 0 Å². The third-order valence-corrected chi connectivity index (χ3v) is 6.01. The molecular formula is C15H27Cl3O. The Morgan fingerprint density at radius 2 is 1.42 bits per heavy atom. The molecule has 114 valence electrons. The van der Waals surface area contributed by atoms with Gasteiger partial charge in [-0.05, 0) is 25.2 Å². The van der Waals surface area contributed by atoms with Crippen molar-refractivity contribution in [3.05, 3.63) is 0 Å². The normalized spacial score (nSPS) is 18.4. The quantitative estimate of drug-likeness (QED) is 0.485. The first-order valence-corrected chi connectivity index (χ1v) is 8.49. The summed E-state index contributed by atoms with van der Waals surface area (Å²) in [7, 11) is 0. The van der Waals surface area contributed by atoms with Crippen molar-refractivity contribution in [3.63, 3.8) is 0 Å². The number of carbonyl (C=O) groups excluding carboxylic acids is 1. The third-order valence-electron chi connectivity index (χ3n) is 4.72. The van der Waals surface area contributed by atoms with Crippen molar-refractivity contribution in [2.45, 2.75) is 70.5 Å². The van der Waals surface area contributed by atoms with Gasteiger partial charge in [0, 0.05) is 5.41 Å². The number of hydrogen-bond acceptors (Lipinski definition) is 1. The van der Waals surface area contributed by atoms with E-state index in [4.69, 9.17) is 34.8 Å². The average molecular weight is 330 g/mol. The van der Waals surface area contributed by atoms with Crippen LogP contribution in [0.25, 0.3) is 0 Å². The molecule has 0 N–H and O–H groups in total. The van der Waals surface area contributed by atoms with Gasteiger partial charge in [0.25, 0.3) is 0 Å². The van der Waals surface area contributed by atoms with Crippen LogP contribution in [0.5, 0.6) is 0 Å². The number of hydrogen-bond donors (Lipinski definition) is 0. The Bertz CT molecular complexity index is 277. The molecule has 0 bridgehead atoms. The molecule has 3 unspecified atom stereocenters. The molecule has 1 nitrogen and oxygen atoms in total. The van der Waals surface area contributed by atoms with Crippen molar-refractivity contribution < 1.29 is 4.79 Å². The molecule has 0 heterocycles. The fraction of sp³-hybridized carbons (Fsp3) is 0.933. The summed E-state index contributed by atoms with van der Waals surface area (Å²) in [6.45, 7) is 10.2. The van der Waals surface area contributed by atoms with Crippen molar-refractivity contribution in [1.29, 1.82) is 0 Å². The number of carbonyl (C=O) groups is 1. The molecule has 0 saturated heterocycles. The van der Waals surface area contributed by atoms with Crippen LogP contribution in [-0.4, -0.2) is 16.0 Å². The summed E-state index contributed by atoms with van der Waals surface area (Å²) in [5, 5.41) is -0.304. The SMILES string of the molecule is CCC(CC)C(C)(C(C)=O)C(CC)CC(Cl)C(Cl)Cl. The van der Waals surface area contributed by atoms with Gasteiger partial charge in [-0.15, -0.1) is 34.8 Å². The topological polar surface area (TPSA) is 17.1 Å². The van der Waals surface area contributed by atoms with Crippen molar-refractivity contribution in [3.8, 4) is 0 Å². The fourth-order valence-corrected chi connectivity index (χ4v) is 3.68. The summed E-state index contributed by atoms with van der Waals surface area (Å²) in [6, 6.07) is 0. The number of alkyl halides is 3. The van der Waals surface area contributed by atoms with Crippen LogP contribution in [-0.2, 0) is 4.79 Å². The first-order valence-electron chi connectivity index (χ1n) is 7.18. The fourth-order valence-electron chi connectivity index (χ4n) is 3.26. The standard InChI is InChI=1S/C15H27Cl3O/c1-6-11(7-2)15(5,10(4)19)12(8-3)9-13(16)14(17)18/h11-14H,6-9H2,1-5H3. The molecule has 0 fully saturated rings. The lowest BCUT2D eigenvalue weighted by Gasteiger charge is -2.42. The van der Waals surface area contributed by atoms with Crippen LogP contribution in [0.3, 0.4) is 0 Å². The molecule has 0 amide bonds. The summed E-state index contributed by atoms with van der Waals surface area (Å²) in [5.74, 6) is 0.845. The number of rotatable bonds is 9. The number of halogens is 3. The molecule has 0 aromatic rings. The van der Waals surface area contributed by atoms with Crippen LogP contribution < -0.4 is 0 Å². The second-order valence-electron chi connectivity index (χ2n) is 5.54. The lowest BCUT2D eigenvalue weighted by molar-refractivity contribution is -0.133. The van der Waals surface area contributed by atoms with Crippen LogP contribution in [0.15, 0.2) is 0 Å². The van der Waals surface area contributed by atoms with Crippen LogP contribution in [0.1, 0.15) is 60.3 Å². The van der Waals surface area contributed by atoms with E-state index in [1.165, 1.54) is 0 Å². The Labute approximate surface area is 133 Å². The first-order chi connectivity index (χ1) is 8.75. The molecule has 0 aromatic carbocycles. The maximum absolute atomic E-state index is 12.3. The van der Waals surface area contributed by atoms with Crippen LogP contribution in [0.4, 0.5) is 0 Å². The molecule has 0 saturated carbocycles. The van der Waals surface area contributed by atoms with Gasteiger partial charge in [-0.2, -0.15) is 0 Å². The molecule has 0 aromatic heterocycles. The van der Waals surface area contributed by atoms with Crippen molar-refractivity contribution in [2.24, 2.45) is 17.3 Å². The smallest absolute Gasteiger partial charge is 0.136 e. The Balaban J connectivity index is 5.26. The van der Waals surface area contributed by atoms with Gasteiger partial charge in [-0.1, -0.05) is 47.0 Å². The van der Waals surface area contributed by atoms with E-state index in [2.05, 4.69) is 27.7 Å². The second-order valence-corrected chi connectivity index (χ2v) is 7.27. The van der Waals surface area contributed by atoms with E-state index in [-0.39, 0.29) is 22.5 Å². The zero-order valence-corrected chi connectivity index (χ0v) is 14.9. The molecule has 0 aliphatic rings. The Morgan fingerprint density at radius 3 is 1.68 bits per heavy atom. The average Bonchev–Trinajstić information content (AvgIpc) is 2.36. The molecule has 0 rings (SSSR count). The highest BCUT2D eigenvalue weighted by molar-refractivity contribution is 6.48. The molecule has 0 spiro atoms. The van der Waals surface area contributed by atoms with Crippen LogP contribution in [0, 0.1) is 17.3 Å². The maximum Gasteiger partial charge on any atom is 0.136 e. The van der Waals surface area contributed by atoms with Gasteiger partial charge in [0.15, 0.2) is 0 Å². The molecule has 0 aliphatic heterocycles. The van der Waals surface area contributed by atoms with Gasteiger partial charge in [0.2, 0.25) is 0 Å². The summed E-state index contributed by atoms with van der Waals surface area (Å²) >= 11 is 17.9. The van der Waals surface area contributed by atoms with Crippen molar-refractivity contribution in [1.82, 2.24) is 0 Å². The summed E-state index contributed by atoms with van der Waals surface area (Å²) in [4.78, 5) is 11.7. The van der Waals surface area contributed by atoms with Crippen LogP contribution in [0.2, 0.25) is 0 Å². The third kappa shape index (κ3) is 4.79. The minimum absolute atomic E-state index is 0.220.